The van der Waals surface area contributed by atoms with Gasteiger partial charge < -0.3 is 9.52 Å². The first-order chi connectivity index (χ1) is 10.0. The average molecular weight is 289 g/mol. The van der Waals surface area contributed by atoms with Crippen molar-refractivity contribution < 1.29 is 9.52 Å². The Kier molecular flexibility index (Phi) is 5.15. The fourth-order valence-corrected chi connectivity index (χ4v) is 2.48. The molecule has 0 fully saturated rings. The van der Waals surface area contributed by atoms with Gasteiger partial charge in [-0.3, -0.25) is 4.90 Å². The molecule has 0 saturated heterocycles. The van der Waals surface area contributed by atoms with Crippen LogP contribution in [0.25, 0.3) is 11.0 Å². The number of aliphatic hydroxyl groups is 1. The number of aryl methyl sites for hydroxylation is 1. The maximum atomic E-state index is 11.8. The standard InChI is InChI=1S/C17H23NO3/c1-12(2)18(7-4-8-19)11-14-10-17(20)21-16-9-13(3)5-6-15(14)16/h5-6,9-10,12,19H,4,7-8,11H2,1-3H3. The summed E-state index contributed by atoms with van der Waals surface area (Å²) in [5.41, 5.74) is 2.38. The molecule has 0 aliphatic rings. The molecule has 1 N–H and O–H groups in total. The first-order valence-corrected chi connectivity index (χ1v) is 7.39. The van der Waals surface area contributed by atoms with E-state index in [0.29, 0.717) is 18.2 Å². The molecule has 0 radical (unpaired) electrons. The summed E-state index contributed by atoms with van der Waals surface area (Å²) in [6, 6.07) is 7.86. The van der Waals surface area contributed by atoms with Crippen molar-refractivity contribution in [3.8, 4) is 0 Å². The monoisotopic (exact) mass is 289 g/mol. The molecule has 2 rings (SSSR count). The molecule has 0 saturated carbocycles. The van der Waals surface area contributed by atoms with Crippen LogP contribution >= 0.6 is 0 Å². The van der Waals surface area contributed by atoms with Crippen LogP contribution in [0.4, 0.5) is 0 Å². The minimum Gasteiger partial charge on any atom is -0.423 e. The molecule has 2 aromatic rings. The molecule has 114 valence electrons. The van der Waals surface area contributed by atoms with Crippen LogP contribution in [0.5, 0.6) is 0 Å². The SMILES string of the molecule is Cc1ccc2c(CN(CCCO)C(C)C)cc(=O)oc2c1. The van der Waals surface area contributed by atoms with E-state index < -0.39 is 0 Å². The largest absolute Gasteiger partial charge is 0.423 e. The van der Waals surface area contributed by atoms with E-state index in [1.807, 2.05) is 25.1 Å². The van der Waals surface area contributed by atoms with Gasteiger partial charge in [-0.2, -0.15) is 0 Å². The van der Waals surface area contributed by atoms with Crippen molar-refractivity contribution in [3.05, 3.63) is 45.8 Å². The second-order valence-corrected chi connectivity index (χ2v) is 5.73. The third-order valence-electron chi connectivity index (χ3n) is 3.69. The van der Waals surface area contributed by atoms with Crippen LogP contribution < -0.4 is 5.63 Å². The normalized spacial score (nSPS) is 11.7. The molecule has 1 aromatic carbocycles. The Labute approximate surface area is 125 Å². The average Bonchev–Trinajstić information content (AvgIpc) is 2.42. The zero-order valence-corrected chi connectivity index (χ0v) is 12.9. The highest BCUT2D eigenvalue weighted by Crippen LogP contribution is 2.20. The van der Waals surface area contributed by atoms with Crippen molar-refractivity contribution in [3.63, 3.8) is 0 Å². The smallest absolute Gasteiger partial charge is 0.336 e. The van der Waals surface area contributed by atoms with Crippen LogP contribution in [-0.4, -0.2) is 29.2 Å². The summed E-state index contributed by atoms with van der Waals surface area (Å²) >= 11 is 0. The number of aliphatic hydroxyl groups excluding tert-OH is 1. The van der Waals surface area contributed by atoms with E-state index in [1.54, 1.807) is 6.07 Å². The van der Waals surface area contributed by atoms with Gasteiger partial charge in [0.15, 0.2) is 0 Å². The van der Waals surface area contributed by atoms with Crippen molar-refractivity contribution >= 4 is 11.0 Å². The van der Waals surface area contributed by atoms with E-state index in [-0.39, 0.29) is 12.2 Å². The number of hydrogen-bond acceptors (Lipinski definition) is 4. The third kappa shape index (κ3) is 3.93. The molecule has 1 heterocycles. The molecule has 4 nitrogen and oxygen atoms in total. The molecule has 0 atom stereocenters. The van der Waals surface area contributed by atoms with Gasteiger partial charge in [0, 0.05) is 37.2 Å². The fourth-order valence-electron chi connectivity index (χ4n) is 2.48. The number of benzene rings is 1. The van der Waals surface area contributed by atoms with Crippen LogP contribution in [0, 0.1) is 6.92 Å². The van der Waals surface area contributed by atoms with Crippen molar-refractivity contribution in [2.75, 3.05) is 13.2 Å². The van der Waals surface area contributed by atoms with Gasteiger partial charge in [0.1, 0.15) is 5.58 Å². The Morgan fingerprint density at radius 1 is 1.29 bits per heavy atom. The van der Waals surface area contributed by atoms with Gasteiger partial charge in [-0.05, 0) is 44.4 Å². The second kappa shape index (κ2) is 6.87. The van der Waals surface area contributed by atoms with E-state index in [9.17, 15) is 4.79 Å². The molecular formula is C17H23NO3. The molecule has 0 aliphatic carbocycles. The minimum absolute atomic E-state index is 0.181. The molecule has 0 unspecified atom stereocenters. The molecular weight excluding hydrogens is 266 g/mol. The highest BCUT2D eigenvalue weighted by molar-refractivity contribution is 5.80. The zero-order valence-electron chi connectivity index (χ0n) is 12.9. The first-order valence-electron chi connectivity index (χ1n) is 7.39. The van der Waals surface area contributed by atoms with Crippen LogP contribution in [0.2, 0.25) is 0 Å². The predicted octanol–water partition coefficient (Wildman–Crippen LogP) is 2.69. The highest BCUT2D eigenvalue weighted by Gasteiger charge is 2.13. The molecule has 1 aromatic heterocycles. The van der Waals surface area contributed by atoms with Crippen molar-refractivity contribution in [1.29, 1.82) is 0 Å². The number of fused-ring (bicyclic) bond motifs is 1. The topological polar surface area (TPSA) is 53.7 Å². The first kappa shape index (κ1) is 15.7. The van der Waals surface area contributed by atoms with Crippen molar-refractivity contribution in [2.24, 2.45) is 0 Å². The summed E-state index contributed by atoms with van der Waals surface area (Å²) in [5, 5.41) is 10.00. The van der Waals surface area contributed by atoms with Gasteiger partial charge in [-0.15, -0.1) is 0 Å². The Morgan fingerprint density at radius 3 is 2.71 bits per heavy atom. The lowest BCUT2D eigenvalue weighted by atomic mass is 10.1. The van der Waals surface area contributed by atoms with Crippen molar-refractivity contribution in [2.45, 2.75) is 39.8 Å². The van der Waals surface area contributed by atoms with E-state index in [4.69, 9.17) is 9.52 Å². The van der Waals surface area contributed by atoms with Gasteiger partial charge in [0.05, 0.1) is 0 Å². The number of hydrogen-bond donors (Lipinski definition) is 1. The molecule has 0 bridgehead atoms. The summed E-state index contributed by atoms with van der Waals surface area (Å²) in [6.45, 7) is 7.89. The second-order valence-electron chi connectivity index (χ2n) is 5.73. The van der Waals surface area contributed by atoms with E-state index >= 15 is 0 Å². The highest BCUT2D eigenvalue weighted by atomic mass is 16.4. The quantitative estimate of drug-likeness (QED) is 0.831. The van der Waals surface area contributed by atoms with Crippen LogP contribution in [0.3, 0.4) is 0 Å². The van der Waals surface area contributed by atoms with Crippen LogP contribution in [0.15, 0.2) is 33.5 Å². The summed E-state index contributed by atoms with van der Waals surface area (Å²) in [4.78, 5) is 14.0. The summed E-state index contributed by atoms with van der Waals surface area (Å²) in [7, 11) is 0. The summed E-state index contributed by atoms with van der Waals surface area (Å²) in [5.74, 6) is 0. The lowest BCUT2D eigenvalue weighted by Crippen LogP contribution is -2.32. The number of rotatable bonds is 6. The van der Waals surface area contributed by atoms with Crippen molar-refractivity contribution in [1.82, 2.24) is 4.90 Å². The zero-order chi connectivity index (χ0) is 15.4. The van der Waals surface area contributed by atoms with Gasteiger partial charge in [0.25, 0.3) is 0 Å². The predicted molar refractivity (Wildman–Crippen MR) is 84.5 cm³/mol. The maximum Gasteiger partial charge on any atom is 0.336 e. The molecule has 21 heavy (non-hydrogen) atoms. The maximum absolute atomic E-state index is 11.8. The fraction of sp³-hybridized carbons (Fsp3) is 0.471. The number of nitrogens with zero attached hydrogens (tertiary/aromatic N) is 1. The minimum atomic E-state index is -0.311. The third-order valence-corrected chi connectivity index (χ3v) is 3.69. The lowest BCUT2D eigenvalue weighted by molar-refractivity contribution is 0.185. The van der Waals surface area contributed by atoms with Crippen LogP contribution in [-0.2, 0) is 6.54 Å². The lowest BCUT2D eigenvalue weighted by Gasteiger charge is -2.26. The van der Waals surface area contributed by atoms with E-state index in [0.717, 1.165) is 29.5 Å². The van der Waals surface area contributed by atoms with Gasteiger partial charge in [-0.1, -0.05) is 12.1 Å². The Balaban J connectivity index is 2.38. The van der Waals surface area contributed by atoms with Crippen LogP contribution in [0.1, 0.15) is 31.4 Å². The Morgan fingerprint density at radius 2 is 2.05 bits per heavy atom. The Hall–Kier alpha value is -1.65. The summed E-state index contributed by atoms with van der Waals surface area (Å²) < 4.78 is 5.29. The van der Waals surface area contributed by atoms with E-state index in [1.165, 1.54) is 0 Å². The molecule has 0 spiro atoms. The molecule has 0 aliphatic heterocycles. The van der Waals surface area contributed by atoms with Gasteiger partial charge in [0.2, 0.25) is 0 Å². The van der Waals surface area contributed by atoms with Gasteiger partial charge >= 0.3 is 5.63 Å². The van der Waals surface area contributed by atoms with Gasteiger partial charge in [-0.25, -0.2) is 4.79 Å². The summed E-state index contributed by atoms with van der Waals surface area (Å²) in [6.07, 6.45) is 0.733. The Bertz CT molecular complexity index is 661. The molecule has 4 heteroatoms. The van der Waals surface area contributed by atoms with E-state index in [2.05, 4.69) is 18.7 Å². The molecule has 0 amide bonds.